The zero-order valence-corrected chi connectivity index (χ0v) is 12.6. The zero-order valence-electron chi connectivity index (χ0n) is 9.40. The molecule has 0 saturated heterocycles. The van der Waals surface area contributed by atoms with E-state index in [0.717, 1.165) is 3.79 Å². The summed E-state index contributed by atoms with van der Waals surface area (Å²) >= 11 is 4.43. The van der Waals surface area contributed by atoms with Crippen LogP contribution in [-0.2, 0) is 14.8 Å². The minimum atomic E-state index is -3.36. The van der Waals surface area contributed by atoms with Gasteiger partial charge < -0.3 is 10.1 Å². The van der Waals surface area contributed by atoms with Crippen molar-refractivity contribution in [1.29, 1.82) is 0 Å². The second-order valence-corrected chi connectivity index (χ2v) is 7.66. The molecule has 8 heteroatoms. The summed E-state index contributed by atoms with van der Waals surface area (Å²) in [7, 11) is -1.74. The van der Waals surface area contributed by atoms with Gasteiger partial charge in [0.25, 0.3) is 0 Å². The predicted molar refractivity (Wildman–Crippen MR) is 72.0 cm³/mol. The molecular weight excluding hydrogens is 328 g/mol. The second kappa shape index (κ2) is 7.45. The van der Waals surface area contributed by atoms with Gasteiger partial charge in [-0.3, -0.25) is 0 Å². The van der Waals surface area contributed by atoms with Crippen LogP contribution in [0.5, 0.6) is 0 Å². The largest absolute Gasteiger partial charge is 0.383 e. The fraction of sp³-hybridized carbons (Fsp3) is 0.556. The van der Waals surface area contributed by atoms with Crippen LogP contribution in [0.3, 0.4) is 0 Å². The molecule has 0 radical (unpaired) electrons. The molecule has 0 aromatic carbocycles. The van der Waals surface area contributed by atoms with Crippen LogP contribution in [0.1, 0.15) is 0 Å². The molecule has 0 aliphatic carbocycles. The quantitative estimate of drug-likeness (QED) is 0.692. The minimum absolute atomic E-state index is 0.321. The van der Waals surface area contributed by atoms with Gasteiger partial charge in [0.1, 0.15) is 4.21 Å². The highest BCUT2D eigenvalue weighted by Crippen LogP contribution is 2.25. The third kappa shape index (κ3) is 5.45. The molecule has 1 rings (SSSR count). The van der Waals surface area contributed by atoms with Crippen LogP contribution in [0.4, 0.5) is 0 Å². The lowest BCUT2D eigenvalue weighted by atomic mass is 10.6. The van der Waals surface area contributed by atoms with E-state index in [1.54, 1.807) is 19.2 Å². The first-order chi connectivity index (χ1) is 8.06. The molecule has 1 aromatic rings. The van der Waals surface area contributed by atoms with Gasteiger partial charge in [-0.2, -0.15) is 0 Å². The molecule has 0 atom stereocenters. The Balaban J connectivity index is 2.31. The Morgan fingerprint density at radius 1 is 1.35 bits per heavy atom. The Morgan fingerprint density at radius 2 is 2.12 bits per heavy atom. The maximum atomic E-state index is 11.8. The lowest BCUT2D eigenvalue weighted by Gasteiger charge is -2.05. The average molecular weight is 343 g/mol. The van der Waals surface area contributed by atoms with Crippen molar-refractivity contribution in [2.24, 2.45) is 0 Å². The van der Waals surface area contributed by atoms with Gasteiger partial charge in [-0.25, -0.2) is 13.1 Å². The number of methoxy groups -OCH3 is 1. The van der Waals surface area contributed by atoms with Gasteiger partial charge in [-0.15, -0.1) is 11.3 Å². The first-order valence-electron chi connectivity index (χ1n) is 5.01. The summed E-state index contributed by atoms with van der Waals surface area (Å²) in [6, 6.07) is 3.30. The Labute approximate surface area is 114 Å². The summed E-state index contributed by atoms with van der Waals surface area (Å²) < 4.78 is 32.0. The SMILES string of the molecule is COCCNCCNS(=O)(=O)c1ccc(Br)s1. The zero-order chi connectivity index (χ0) is 12.7. The monoisotopic (exact) mass is 342 g/mol. The van der Waals surface area contributed by atoms with E-state index in [9.17, 15) is 8.42 Å². The lowest BCUT2D eigenvalue weighted by Crippen LogP contribution is -2.32. The van der Waals surface area contributed by atoms with E-state index in [4.69, 9.17) is 4.74 Å². The Morgan fingerprint density at radius 3 is 2.71 bits per heavy atom. The molecule has 1 heterocycles. The van der Waals surface area contributed by atoms with E-state index >= 15 is 0 Å². The van der Waals surface area contributed by atoms with Crippen LogP contribution < -0.4 is 10.0 Å². The molecule has 0 aliphatic heterocycles. The van der Waals surface area contributed by atoms with Crippen molar-refractivity contribution in [3.63, 3.8) is 0 Å². The van der Waals surface area contributed by atoms with Crippen molar-refractivity contribution >= 4 is 37.3 Å². The number of sulfonamides is 1. The number of rotatable bonds is 8. The molecule has 1 aromatic heterocycles. The fourth-order valence-electron chi connectivity index (χ4n) is 1.09. The molecule has 0 fully saturated rings. The molecule has 0 amide bonds. The van der Waals surface area contributed by atoms with Crippen LogP contribution in [0, 0.1) is 0 Å². The number of ether oxygens (including phenoxy) is 1. The molecule has 0 bridgehead atoms. The van der Waals surface area contributed by atoms with Crippen molar-refractivity contribution in [2.45, 2.75) is 4.21 Å². The third-order valence-corrected chi connectivity index (χ3v) is 5.47. The van der Waals surface area contributed by atoms with Gasteiger partial charge in [-0.05, 0) is 28.1 Å². The van der Waals surface area contributed by atoms with E-state index in [0.29, 0.717) is 30.5 Å². The molecule has 0 aliphatic rings. The number of halogens is 1. The third-order valence-electron chi connectivity index (χ3n) is 1.89. The number of nitrogens with one attached hydrogen (secondary N) is 2. The van der Waals surface area contributed by atoms with Crippen LogP contribution in [-0.4, -0.2) is 41.8 Å². The molecule has 5 nitrogen and oxygen atoms in total. The molecule has 98 valence electrons. The van der Waals surface area contributed by atoms with Gasteiger partial charge in [0.05, 0.1) is 10.4 Å². The van der Waals surface area contributed by atoms with E-state index in [2.05, 4.69) is 26.0 Å². The smallest absolute Gasteiger partial charge is 0.250 e. The van der Waals surface area contributed by atoms with Gasteiger partial charge in [0, 0.05) is 26.7 Å². The highest BCUT2D eigenvalue weighted by Gasteiger charge is 2.15. The van der Waals surface area contributed by atoms with Crippen molar-refractivity contribution < 1.29 is 13.2 Å². The maximum absolute atomic E-state index is 11.8. The van der Waals surface area contributed by atoms with Gasteiger partial charge in [0.15, 0.2) is 0 Å². The summed E-state index contributed by atoms with van der Waals surface area (Å²) in [5.41, 5.74) is 0. The van der Waals surface area contributed by atoms with Crippen molar-refractivity contribution in [2.75, 3.05) is 33.4 Å². The maximum Gasteiger partial charge on any atom is 0.250 e. The lowest BCUT2D eigenvalue weighted by molar-refractivity contribution is 0.199. The molecule has 0 saturated carbocycles. The van der Waals surface area contributed by atoms with E-state index in [1.165, 1.54) is 11.3 Å². The summed E-state index contributed by atoms with van der Waals surface area (Å²) in [4.78, 5) is 0. The Hall–Kier alpha value is 0.01000. The normalized spacial score (nSPS) is 11.9. The first-order valence-corrected chi connectivity index (χ1v) is 8.10. The van der Waals surface area contributed by atoms with Crippen molar-refractivity contribution in [3.05, 3.63) is 15.9 Å². The summed E-state index contributed by atoms with van der Waals surface area (Å²) in [6.07, 6.45) is 0. The number of hydrogen-bond acceptors (Lipinski definition) is 5. The molecule has 2 N–H and O–H groups in total. The highest BCUT2D eigenvalue weighted by molar-refractivity contribution is 9.11. The first kappa shape index (κ1) is 15.1. The predicted octanol–water partition coefficient (Wildman–Crippen LogP) is 1.02. The highest BCUT2D eigenvalue weighted by atomic mass is 79.9. The van der Waals surface area contributed by atoms with Gasteiger partial charge in [-0.1, -0.05) is 0 Å². The van der Waals surface area contributed by atoms with Crippen LogP contribution >= 0.6 is 27.3 Å². The topological polar surface area (TPSA) is 67.4 Å². The van der Waals surface area contributed by atoms with Crippen LogP contribution in [0.25, 0.3) is 0 Å². The molecular formula is C9H15BrN2O3S2. The minimum Gasteiger partial charge on any atom is -0.383 e. The standard InChI is InChI=1S/C9H15BrN2O3S2/c1-15-7-6-11-4-5-12-17(13,14)9-3-2-8(10)16-9/h2-3,11-12H,4-7H2,1H3. The van der Waals surface area contributed by atoms with E-state index in [-0.39, 0.29) is 0 Å². The molecule has 17 heavy (non-hydrogen) atoms. The van der Waals surface area contributed by atoms with Gasteiger partial charge >= 0.3 is 0 Å². The molecule has 0 spiro atoms. The number of hydrogen-bond donors (Lipinski definition) is 2. The van der Waals surface area contributed by atoms with Crippen LogP contribution in [0.15, 0.2) is 20.1 Å². The van der Waals surface area contributed by atoms with E-state index in [1.807, 2.05) is 0 Å². The van der Waals surface area contributed by atoms with Crippen LogP contribution in [0.2, 0.25) is 0 Å². The Kier molecular flexibility index (Phi) is 6.60. The summed E-state index contributed by atoms with van der Waals surface area (Å²) in [5, 5.41) is 3.06. The molecule has 0 unspecified atom stereocenters. The summed E-state index contributed by atoms with van der Waals surface area (Å²) in [5.74, 6) is 0. The fourth-order valence-corrected chi connectivity index (χ4v) is 4.17. The Bertz CT molecular complexity index is 433. The van der Waals surface area contributed by atoms with Gasteiger partial charge in [0.2, 0.25) is 10.0 Å². The van der Waals surface area contributed by atoms with Crippen molar-refractivity contribution in [3.8, 4) is 0 Å². The summed E-state index contributed by atoms with van der Waals surface area (Å²) in [6.45, 7) is 2.27. The number of thiophene rings is 1. The van der Waals surface area contributed by atoms with E-state index < -0.39 is 10.0 Å². The second-order valence-electron chi connectivity index (χ2n) is 3.20. The van der Waals surface area contributed by atoms with Crippen molar-refractivity contribution in [1.82, 2.24) is 10.0 Å². The average Bonchev–Trinajstić information content (AvgIpc) is 2.71.